The standard InChI is InChI=1S/C13H14N4O2.ClH.H2O/c1-2-17-7-10(11(18)16-13(14)15)8-5-3-4-6-9(8)12(17)19;;/h3-7H,2H2,1H3,(H4,14,15,16,18);1H;1H2. The Morgan fingerprint density at radius 1 is 1.24 bits per heavy atom. The summed E-state index contributed by atoms with van der Waals surface area (Å²) < 4.78 is 1.46. The van der Waals surface area contributed by atoms with Gasteiger partial charge in [-0.25, -0.2) is 0 Å². The highest BCUT2D eigenvalue weighted by molar-refractivity contribution is 6.10. The first-order valence-corrected chi connectivity index (χ1v) is 5.80. The van der Waals surface area contributed by atoms with Crippen LogP contribution in [0, 0.1) is 0 Å². The van der Waals surface area contributed by atoms with Crippen molar-refractivity contribution in [1.29, 1.82) is 0 Å². The van der Waals surface area contributed by atoms with Crippen molar-refractivity contribution in [2.45, 2.75) is 13.5 Å². The number of aliphatic imine (C=N–C) groups is 1. The molecular weight excluding hydrogens is 296 g/mol. The van der Waals surface area contributed by atoms with E-state index in [9.17, 15) is 9.59 Å². The number of halogens is 1. The van der Waals surface area contributed by atoms with Gasteiger partial charge < -0.3 is 21.5 Å². The number of pyridine rings is 1. The van der Waals surface area contributed by atoms with Gasteiger partial charge in [0.1, 0.15) is 0 Å². The van der Waals surface area contributed by atoms with Crippen molar-refractivity contribution >= 4 is 35.0 Å². The van der Waals surface area contributed by atoms with Crippen LogP contribution in [0.5, 0.6) is 0 Å². The summed E-state index contributed by atoms with van der Waals surface area (Å²) in [5.74, 6) is -0.860. The van der Waals surface area contributed by atoms with Gasteiger partial charge in [-0.15, -0.1) is 12.4 Å². The molecule has 0 aliphatic rings. The molecule has 114 valence electrons. The second kappa shape index (κ2) is 7.41. The number of amides is 1. The van der Waals surface area contributed by atoms with Crippen molar-refractivity contribution in [2.24, 2.45) is 16.5 Å². The van der Waals surface area contributed by atoms with Gasteiger partial charge in [0.2, 0.25) is 0 Å². The fourth-order valence-electron chi connectivity index (χ4n) is 1.93. The minimum atomic E-state index is -0.557. The Bertz CT molecular complexity index is 736. The molecule has 0 aliphatic heterocycles. The number of fused-ring (bicyclic) bond motifs is 1. The Labute approximate surface area is 127 Å². The van der Waals surface area contributed by atoms with Gasteiger partial charge in [-0.05, 0) is 13.0 Å². The number of aromatic nitrogens is 1. The number of hydrogen-bond donors (Lipinski definition) is 2. The number of nitrogens with two attached hydrogens (primary N) is 2. The van der Waals surface area contributed by atoms with Crippen LogP contribution in [0.4, 0.5) is 0 Å². The van der Waals surface area contributed by atoms with Crippen molar-refractivity contribution in [1.82, 2.24) is 4.57 Å². The van der Waals surface area contributed by atoms with Gasteiger partial charge in [0.25, 0.3) is 11.5 Å². The molecule has 0 radical (unpaired) electrons. The van der Waals surface area contributed by atoms with Crippen LogP contribution in [0.2, 0.25) is 0 Å². The van der Waals surface area contributed by atoms with E-state index < -0.39 is 5.91 Å². The van der Waals surface area contributed by atoms with E-state index in [1.807, 2.05) is 6.92 Å². The molecule has 21 heavy (non-hydrogen) atoms. The van der Waals surface area contributed by atoms with Crippen molar-refractivity contribution in [3.63, 3.8) is 0 Å². The summed E-state index contributed by atoms with van der Waals surface area (Å²) in [5.41, 5.74) is 10.6. The molecule has 0 saturated carbocycles. The fraction of sp³-hybridized carbons (Fsp3) is 0.154. The van der Waals surface area contributed by atoms with Crippen LogP contribution in [-0.4, -0.2) is 21.9 Å². The van der Waals surface area contributed by atoms with Gasteiger partial charge in [0.05, 0.1) is 5.56 Å². The molecule has 0 bridgehead atoms. The summed E-state index contributed by atoms with van der Waals surface area (Å²) in [6.45, 7) is 2.29. The second-order valence-corrected chi connectivity index (χ2v) is 4.02. The zero-order valence-electron chi connectivity index (χ0n) is 11.4. The number of aryl methyl sites for hydroxylation is 1. The lowest BCUT2D eigenvalue weighted by molar-refractivity contribution is 0.100. The van der Waals surface area contributed by atoms with Gasteiger partial charge in [0, 0.05) is 23.5 Å². The Morgan fingerprint density at radius 3 is 2.33 bits per heavy atom. The number of carbonyl (C=O) groups is 1. The molecule has 1 amide bonds. The summed E-state index contributed by atoms with van der Waals surface area (Å²) in [6.07, 6.45) is 1.49. The fourth-order valence-corrected chi connectivity index (χ4v) is 1.93. The second-order valence-electron chi connectivity index (χ2n) is 4.02. The average Bonchev–Trinajstić information content (AvgIpc) is 2.38. The first-order chi connectivity index (χ1) is 9.04. The molecule has 1 aromatic heterocycles. The predicted molar refractivity (Wildman–Crippen MR) is 84.9 cm³/mol. The van der Waals surface area contributed by atoms with E-state index in [4.69, 9.17) is 11.5 Å². The quantitative estimate of drug-likeness (QED) is 0.597. The number of rotatable bonds is 2. The van der Waals surface area contributed by atoms with Crippen LogP contribution in [-0.2, 0) is 6.54 Å². The number of hydrogen-bond acceptors (Lipinski definition) is 2. The summed E-state index contributed by atoms with van der Waals surface area (Å²) in [5, 5.41) is 1.02. The molecule has 7 nitrogen and oxygen atoms in total. The number of benzene rings is 1. The summed E-state index contributed by atoms with van der Waals surface area (Å²) >= 11 is 0. The molecule has 0 saturated heterocycles. The van der Waals surface area contributed by atoms with Crippen molar-refractivity contribution in [3.05, 3.63) is 46.4 Å². The summed E-state index contributed by atoms with van der Waals surface area (Å²) in [7, 11) is 0. The summed E-state index contributed by atoms with van der Waals surface area (Å²) in [6, 6.07) is 6.88. The lowest BCUT2D eigenvalue weighted by atomic mass is 10.1. The molecular formula is C13H17ClN4O3. The van der Waals surface area contributed by atoms with Crippen LogP contribution < -0.4 is 17.0 Å². The first kappa shape index (κ1) is 18.6. The first-order valence-electron chi connectivity index (χ1n) is 5.80. The third kappa shape index (κ3) is 3.59. The van der Waals surface area contributed by atoms with E-state index in [1.165, 1.54) is 10.8 Å². The molecule has 0 aliphatic carbocycles. The monoisotopic (exact) mass is 312 g/mol. The van der Waals surface area contributed by atoms with Crippen LogP contribution in [0.25, 0.3) is 10.8 Å². The van der Waals surface area contributed by atoms with Gasteiger partial charge in [-0.1, -0.05) is 18.2 Å². The third-order valence-corrected chi connectivity index (χ3v) is 2.80. The van der Waals surface area contributed by atoms with Crippen molar-refractivity contribution in [3.8, 4) is 0 Å². The Kier molecular flexibility index (Phi) is 6.57. The van der Waals surface area contributed by atoms with E-state index in [0.717, 1.165) is 0 Å². The van der Waals surface area contributed by atoms with E-state index in [2.05, 4.69) is 4.99 Å². The smallest absolute Gasteiger partial charge is 0.282 e. The van der Waals surface area contributed by atoms with Crippen LogP contribution >= 0.6 is 12.4 Å². The number of guanidine groups is 1. The molecule has 0 spiro atoms. The van der Waals surface area contributed by atoms with E-state index in [-0.39, 0.29) is 29.4 Å². The molecule has 1 aromatic carbocycles. The Hall–Kier alpha value is -2.38. The van der Waals surface area contributed by atoms with Crippen LogP contribution in [0.1, 0.15) is 17.3 Å². The molecule has 2 rings (SSSR count). The third-order valence-electron chi connectivity index (χ3n) is 2.80. The molecule has 2 aromatic rings. The number of nitrogens with zero attached hydrogens (tertiary/aromatic N) is 2. The Morgan fingerprint density at radius 2 is 1.81 bits per heavy atom. The van der Waals surface area contributed by atoms with E-state index in [1.54, 1.807) is 24.3 Å². The Balaban J connectivity index is 0.00000200. The largest absolute Gasteiger partial charge is 0.412 e. The van der Waals surface area contributed by atoms with E-state index in [0.29, 0.717) is 22.9 Å². The van der Waals surface area contributed by atoms with Crippen LogP contribution in [0.3, 0.4) is 0 Å². The normalized spacial score (nSPS) is 9.38. The highest BCUT2D eigenvalue weighted by Gasteiger charge is 2.13. The van der Waals surface area contributed by atoms with Crippen molar-refractivity contribution in [2.75, 3.05) is 0 Å². The molecule has 0 fully saturated rings. The van der Waals surface area contributed by atoms with Crippen LogP contribution in [0.15, 0.2) is 40.2 Å². The molecule has 8 heteroatoms. The zero-order valence-corrected chi connectivity index (χ0v) is 12.2. The minimum absolute atomic E-state index is 0. The van der Waals surface area contributed by atoms with Gasteiger partial charge in [0.15, 0.2) is 5.96 Å². The van der Waals surface area contributed by atoms with Gasteiger partial charge in [-0.2, -0.15) is 4.99 Å². The van der Waals surface area contributed by atoms with Gasteiger partial charge >= 0.3 is 0 Å². The molecule has 1 heterocycles. The number of carbonyl (C=O) groups excluding carboxylic acids is 1. The molecule has 6 N–H and O–H groups in total. The lowest BCUT2D eigenvalue weighted by Gasteiger charge is -2.08. The lowest BCUT2D eigenvalue weighted by Crippen LogP contribution is -2.25. The highest BCUT2D eigenvalue weighted by Crippen LogP contribution is 2.16. The summed E-state index contributed by atoms with van der Waals surface area (Å²) in [4.78, 5) is 27.6. The van der Waals surface area contributed by atoms with Gasteiger partial charge in [-0.3, -0.25) is 9.59 Å². The molecule has 0 atom stereocenters. The molecule has 0 unspecified atom stereocenters. The van der Waals surface area contributed by atoms with Crippen molar-refractivity contribution < 1.29 is 10.3 Å². The minimum Gasteiger partial charge on any atom is -0.412 e. The zero-order chi connectivity index (χ0) is 14.0. The van der Waals surface area contributed by atoms with E-state index >= 15 is 0 Å². The predicted octanol–water partition coefficient (Wildman–Crippen LogP) is 0.0321. The maximum Gasteiger partial charge on any atom is 0.282 e. The highest BCUT2D eigenvalue weighted by atomic mass is 35.5. The maximum atomic E-state index is 12.1. The SMILES string of the molecule is CCn1cc(C(=O)N=C(N)N)c2ccccc2c1=O.Cl.O. The average molecular weight is 313 g/mol. The maximum absolute atomic E-state index is 12.1. The topological polar surface area (TPSA) is 135 Å².